The lowest BCUT2D eigenvalue weighted by Crippen LogP contribution is -2.28. The Morgan fingerprint density at radius 3 is 2.72 bits per heavy atom. The number of nitrogens with two attached hydrogens (primary N) is 2. The van der Waals surface area contributed by atoms with Crippen molar-refractivity contribution in [2.24, 2.45) is 22.4 Å². The molecule has 1 aromatic rings. The van der Waals surface area contributed by atoms with Crippen LogP contribution in [0.25, 0.3) is 6.08 Å². The summed E-state index contributed by atoms with van der Waals surface area (Å²) in [5, 5.41) is 3.36. The monoisotopic (exact) mass is 340 g/mol. The summed E-state index contributed by atoms with van der Waals surface area (Å²) in [5.41, 5.74) is 15.4. The highest BCUT2D eigenvalue weighted by atomic mass is 16.5. The van der Waals surface area contributed by atoms with E-state index in [1.807, 2.05) is 24.3 Å². The van der Waals surface area contributed by atoms with Crippen molar-refractivity contribution in [1.29, 1.82) is 0 Å². The Morgan fingerprint density at radius 1 is 1.36 bits per heavy atom. The minimum atomic E-state index is -0.573. The average molecular weight is 340 g/mol. The zero-order valence-corrected chi connectivity index (χ0v) is 14.6. The number of nitrogens with one attached hydrogen (secondary N) is 1. The van der Waals surface area contributed by atoms with E-state index in [0.29, 0.717) is 18.0 Å². The van der Waals surface area contributed by atoms with Gasteiger partial charge in [-0.15, -0.1) is 0 Å². The minimum absolute atomic E-state index is 0.267. The second-order valence-electron chi connectivity index (χ2n) is 6.52. The van der Waals surface area contributed by atoms with Gasteiger partial charge < -0.3 is 21.5 Å². The number of carbonyl (C=O) groups is 1. The topological polar surface area (TPSA) is 103 Å². The van der Waals surface area contributed by atoms with Gasteiger partial charge in [0.1, 0.15) is 5.75 Å². The largest absolute Gasteiger partial charge is 0.493 e. The molecule has 0 saturated heterocycles. The summed E-state index contributed by atoms with van der Waals surface area (Å²) in [4.78, 5) is 16.0. The molecule has 0 radical (unpaired) electrons. The molecule has 0 unspecified atom stereocenters. The molecule has 0 bridgehead atoms. The first-order chi connectivity index (χ1) is 12.0. The summed E-state index contributed by atoms with van der Waals surface area (Å²) in [6, 6.07) is 5.97. The molecule has 25 heavy (non-hydrogen) atoms. The molecule has 1 aliphatic heterocycles. The molecule has 132 valence electrons. The lowest BCUT2D eigenvalue weighted by molar-refractivity contribution is -0.114. The second kappa shape index (κ2) is 7.01. The van der Waals surface area contributed by atoms with Crippen LogP contribution in [0.3, 0.4) is 0 Å². The number of carbonyl (C=O) groups excluding carboxylic acids is 1. The normalized spacial score (nSPS) is 17.8. The Labute approximate surface area is 147 Å². The van der Waals surface area contributed by atoms with Gasteiger partial charge in [-0.1, -0.05) is 0 Å². The molecule has 1 amide bonds. The number of fused-ring (bicyclic) bond motifs is 1. The molecule has 0 atom stereocenters. The standard InChI is InChI=1S/C19H24N4O2/c1-11(20)17(19(21)24)18(22-2)14-7-13-5-6-15(8-16(13)23-9-14)25-10-12-3-4-12/h5-8,12,23H,3-4,9-10,20H2,1-2H3,(H2,21,24)/b17-11-,22-18-. The van der Waals surface area contributed by atoms with Crippen LogP contribution in [0.5, 0.6) is 5.75 Å². The molecule has 6 heteroatoms. The van der Waals surface area contributed by atoms with Crippen LogP contribution in [-0.4, -0.2) is 31.8 Å². The lowest BCUT2D eigenvalue weighted by Gasteiger charge is -2.21. The first-order valence-electron chi connectivity index (χ1n) is 8.44. The van der Waals surface area contributed by atoms with Crippen LogP contribution in [0.15, 0.2) is 40.0 Å². The van der Waals surface area contributed by atoms with Gasteiger partial charge in [0.2, 0.25) is 0 Å². The van der Waals surface area contributed by atoms with Crippen molar-refractivity contribution in [3.63, 3.8) is 0 Å². The zero-order valence-electron chi connectivity index (χ0n) is 14.6. The van der Waals surface area contributed by atoms with Crippen LogP contribution in [0.2, 0.25) is 0 Å². The number of allylic oxidation sites excluding steroid dienone is 1. The van der Waals surface area contributed by atoms with Crippen LogP contribution >= 0.6 is 0 Å². The predicted octanol–water partition coefficient (Wildman–Crippen LogP) is 2.07. The predicted molar refractivity (Wildman–Crippen MR) is 101 cm³/mol. The Morgan fingerprint density at radius 2 is 2.12 bits per heavy atom. The van der Waals surface area contributed by atoms with Gasteiger partial charge in [0, 0.05) is 31.0 Å². The third-order valence-electron chi connectivity index (χ3n) is 4.41. The Hall–Kier alpha value is -2.76. The number of anilines is 1. The number of hydrogen-bond acceptors (Lipinski definition) is 5. The van der Waals surface area contributed by atoms with E-state index in [1.54, 1.807) is 14.0 Å². The Kier molecular flexibility index (Phi) is 4.79. The quantitative estimate of drug-likeness (QED) is 0.545. The average Bonchev–Trinajstić information content (AvgIpc) is 3.40. The van der Waals surface area contributed by atoms with Gasteiger partial charge in [-0.3, -0.25) is 9.79 Å². The summed E-state index contributed by atoms with van der Waals surface area (Å²) in [5.74, 6) is 1.02. The Balaban J connectivity index is 1.85. The number of benzene rings is 1. The molecule has 1 aliphatic carbocycles. The highest BCUT2D eigenvalue weighted by molar-refractivity contribution is 6.29. The third-order valence-corrected chi connectivity index (χ3v) is 4.41. The minimum Gasteiger partial charge on any atom is -0.493 e. The van der Waals surface area contributed by atoms with Crippen molar-refractivity contribution in [2.45, 2.75) is 19.8 Å². The van der Waals surface area contributed by atoms with Crippen molar-refractivity contribution in [3.8, 4) is 5.75 Å². The fourth-order valence-corrected chi connectivity index (χ4v) is 2.90. The second-order valence-corrected chi connectivity index (χ2v) is 6.52. The van der Waals surface area contributed by atoms with Gasteiger partial charge in [-0.2, -0.15) is 0 Å². The van der Waals surface area contributed by atoms with Gasteiger partial charge in [-0.25, -0.2) is 0 Å². The molecule has 6 nitrogen and oxygen atoms in total. The zero-order chi connectivity index (χ0) is 18.0. The van der Waals surface area contributed by atoms with Crippen molar-refractivity contribution in [1.82, 2.24) is 0 Å². The number of nitrogens with zero attached hydrogens (tertiary/aromatic N) is 1. The van der Waals surface area contributed by atoms with Gasteiger partial charge in [0.15, 0.2) is 0 Å². The van der Waals surface area contributed by atoms with E-state index in [-0.39, 0.29) is 5.57 Å². The van der Waals surface area contributed by atoms with Crippen molar-refractivity contribution in [2.75, 3.05) is 25.5 Å². The molecule has 0 aromatic heterocycles. The summed E-state index contributed by atoms with van der Waals surface area (Å²) in [6.45, 7) is 2.98. The van der Waals surface area contributed by atoms with E-state index >= 15 is 0 Å². The van der Waals surface area contributed by atoms with Gasteiger partial charge in [0.25, 0.3) is 5.91 Å². The van der Waals surface area contributed by atoms with Crippen LogP contribution in [0.1, 0.15) is 25.3 Å². The molecule has 1 saturated carbocycles. The maximum atomic E-state index is 11.7. The first-order valence-corrected chi connectivity index (χ1v) is 8.44. The summed E-state index contributed by atoms with van der Waals surface area (Å²) >= 11 is 0. The molecular formula is C19H24N4O2. The summed E-state index contributed by atoms with van der Waals surface area (Å²) in [7, 11) is 1.63. The van der Waals surface area contributed by atoms with E-state index in [1.165, 1.54) is 12.8 Å². The molecule has 1 fully saturated rings. The summed E-state index contributed by atoms with van der Waals surface area (Å²) in [6.07, 6.45) is 4.54. The van der Waals surface area contributed by atoms with Crippen LogP contribution in [0, 0.1) is 5.92 Å². The van der Waals surface area contributed by atoms with E-state index in [9.17, 15) is 4.79 Å². The third kappa shape index (κ3) is 3.84. The lowest BCUT2D eigenvalue weighted by atomic mass is 9.95. The number of aliphatic imine (C=N–C) groups is 1. The van der Waals surface area contributed by atoms with Crippen molar-refractivity contribution >= 4 is 23.4 Å². The highest BCUT2D eigenvalue weighted by Crippen LogP contribution is 2.32. The fourth-order valence-electron chi connectivity index (χ4n) is 2.90. The van der Waals surface area contributed by atoms with Gasteiger partial charge in [-0.05, 0) is 55.0 Å². The molecule has 2 aliphatic rings. The Bertz CT molecular complexity index is 785. The van der Waals surface area contributed by atoms with E-state index < -0.39 is 5.91 Å². The first kappa shape index (κ1) is 17.1. The van der Waals surface area contributed by atoms with Crippen LogP contribution < -0.4 is 21.5 Å². The summed E-state index contributed by atoms with van der Waals surface area (Å²) < 4.78 is 5.82. The molecule has 0 spiro atoms. The number of hydrogen-bond donors (Lipinski definition) is 3. The number of rotatable bonds is 6. The smallest absolute Gasteiger partial charge is 0.252 e. The van der Waals surface area contributed by atoms with Crippen LogP contribution in [0.4, 0.5) is 5.69 Å². The number of primary amides is 1. The molecule has 3 rings (SSSR count). The van der Waals surface area contributed by atoms with Gasteiger partial charge in [0.05, 0.1) is 17.9 Å². The molecule has 1 aromatic carbocycles. The SMILES string of the molecule is C/N=C(C1=Cc2ccc(OCC3CC3)cc2NC1)\C(C(N)=O)=C(/C)N. The number of ether oxygens (including phenoxy) is 1. The van der Waals surface area contributed by atoms with Crippen LogP contribution in [-0.2, 0) is 4.79 Å². The molecule has 5 N–H and O–H groups in total. The number of amides is 1. The molecule has 1 heterocycles. The maximum Gasteiger partial charge on any atom is 0.252 e. The van der Waals surface area contributed by atoms with E-state index in [0.717, 1.165) is 35.1 Å². The maximum absolute atomic E-state index is 11.7. The van der Waals surface area contributed by atoms with Crippen molar-refractivity contribution in [3.05, 3.63) is 40.6 Å². The van der Waals surface area contributed by atoms with Gasteiger partial charge >= 0.3 is 0 Å². The van der Waals surface area contributed by atoms with Crippen molar-refractivity contribution < 1.29 is 9.53 Å². The molecular weight excluding hydrogens is 316 g/mol. The highest BCUT2D eigenvalue weighted by Gasteiger charge is 2.23. The van der Waals surface area contributed by atoms with E-state index in [4.69, 9.17) is 16.2 Å². The fraction of sp³-hybridized carbons (Fsp3) is 0.368. The van der Waals surface area contributed by atoms with E-state index in [2.05, 4.69) is 10.3 Å².